The SMILES string of the molecule is O=S(=O)([O-])c1ccc2c(c1)-c1nc-2nc2[n-]c(nc3nc(nc4[n-]c(n1)c1ccc(S(=O)(=O)O)cc41)-c1ccc(S(=O)(=O)[O-])cc1-3)c1cc(S(=O)(=O)[O-])ccc21.[Ni+2]. The third kappa shape index (κ3) is 6.53. The molecule has 0 saturated carbocycles. The van der Waals surface area contributed by atoms with Gasteiger partial charge in [0, 0.05) is 44.8 Å². The number of aromatic nitrogens is 8. The Morgan fingerprint density at radius 3 is 1.11 bits per heavy atom. The van der Waals surface area contributed by atoms with Gasteiger partial charge in [-0.2, -0.15) is 8.42 Å². The van der Waals surface area contributed by atoms with Gasteiger partial charge in [0.1, 0.15) is 30.4 Å². The van der Waals surface area contributed by atoms with E-state index in [9.17, 15) is 51.9 Å². The monoisotopic (exact) mass is 887 g/mol. The quantitative estimate of drug-likeness (QED) is 0.195. The zero-order chi connectivity index (χ0) is 39.7. The molecule has 9 rings (SSSR count). The van der Waals surface area contributed by atoms with Crippen LogP contribution in [0.25, 0.3) is 89.7 Å². The summed E-state index contributed by atoms with van der Waals surface area (Å²) in [6, 6.07) is 13.1. The molecular formula is C32H13N8NiO12S4-3. The van der Waals surface area contributed by atoms with Crippen molar-refractivity contribution >= 4 is 84.6 Å². The van der Waals surface area contributed by atoms with Crippen LogP contribution in [0.5, 0.6) is 0 Å². The Kier molecular flexibility index (Phi) is 8.52. The molecule has 290 valence electrons. The van der Waals surface area contributed by atoms with Crippen LogP contribution < -0.4 is 9.97 Å². The van der Waals surface area contributed by atoms with Crippen molar-refractivity contribution in [3.8, 4) is 45.6 Å². The summed E-state index contributed by atoms with van der Waals surface area (Å²) in [5.74, 6) is -0.835. The van der Waals surface area contributed by atoms with Gasteiger partial charge in [-0.25, -0.2) is 35.2 Å². The molecule has 0 radical (unpaired) electrons. The standard InChI is InChI=1S/C32H16N8O12S4.Ni/c41-53(42,43)13-1-5-17-21(9-13)29-34-25(17)33-26-18-6-2-15(55(47,48)49)11-23(18)31(35-26)40-32-24-12-16(56(50,51)52)4-8-20(24)28(39-32)38-30-22-10-14(54(44,45)46)3-7-19(22)27(36-29)37-30;/h1-12H,(H4-2,33,34,35,36,37,38,39,40,41,42,43,44,45,46,47,48,49,50,51,52);/q-2;+2/p-3. The molecule has 0 fully saturated rings. The number of benzene rings is 4. The van der Waals surface area contributed by atoms with Crippen LogP contribution in [0, 0.1) is 0 Å². The molecule has 5 heterocycles. The molecule has 1 N–H and O–H groups in total. The minimum atomic E-state index is -5.03. The Balaban J connectivity index is 0.00000455. The smallest absolute Gasteiger partial charge is 0.744 e. The van der Waals surface area contributed by atoms with Crippen molar-refractivity contribution in [2.75, 3.05) is 0 Å². The van der Waals surface area contributed by atoms with Crippen molar-refractivity contribution in [2.24, 2.45) is 0 Å². The van der Waals surface area contributed by atoms with Gasteiger partial charge in [0.05, 0.1) is 42.9 Å². The number of hydrogen-bond donors (Lipinski definition) is 1. The fourth-order valence-corrected chi connectivity index (χ4v) is 8.20. The summed E-state index contributed by atoms with van der Waals surface area (Å²) in [4.78, 5) is 33.4. The Bertz CT molecular complexity index is 3620. The Labute approximate surface area is 329 Å². The van der Waals surface area contributed by atoms with Crippen molar-refractivity contribution in [1.82, 2.24) is 39.9 Å². The molecule has 2 aliphatic rings. The van der Waals surface area contributed by atoms with E-state index in [1.807, 2.05) is 0 Å². The van der Waals surface area contributed by atoms with Crippen molar-refractivity contribution in [1.29, 1.82) is 0 Å². The van der Waals surface area contributed by atoms with Gasteiger partial charge in [-0.15, -0.1) is 0 Å². The molecule has 20 nitrogen and oxygen atoms in total. The van der Waals surface area contributed by atoms with Crippen LogP contribution in [0.2, 0.25) is 0 Å². The number of nitrogens with zero attached hydrogens (tertiary/aromatic N) is 8. The van der Waals surface area contributed by atoms with E-state index in [4.69, 9.17) is 0 Å². The Hall–Kier alpha value is -5.63. The first-order valence-corrected chi connectivity index (χ1v) is 21.0. The molecule has 8 bridgehead atoms. The van der Waals surface area contributed by atoms with Crippen LogP contribution in [0.15, 0.2) is 92.4 Å². The maximum absolute atomic E-state index is 12.2. The summed E-state index contributed by atoms with van der Waals surface area (Å²) < 4.78 is 143. The molecule has 0 aliphatic carbocycles. The summed E-state index contributed by atoms with van der Waals surface area (Å²) in [5.41, 5.74) is -0.610. The van der Waals surface area contributed by atoms with E-state index in [0.29, 0.717) is 0 Å². The van der Waals surface area contributed by atoms with E-state index in [-0.39, 0.29) is 106 Å². The molecule has 3 aromatic heterocycles. The number of fused-ring (bicyclic) bond motifs is 20. The predicted octanol–water partition coefficient (Wildman–Crippen LogP) is 2.08. The molecule has 4 aromatic carbocycles. The topological polar surface area (TPSA) is 332 Å². The predicted molar refractivity (Wildman–Crippen MR) is 188 cm³/mol. The van der Waals surface area contributed by atoms with Gasteiger partial charge < -0.3 is 43.6 Å². The van der Waals surface area contributed by atoms with Gasteiger partial charge in [0.25, 0.3) is 10.1 Å². The minimum absolute atomic E-state index is 0. The van der Waals surface area contributed by atoms with Gasteiger partial charge >= 0.3 is 16.5 Å². The fraction of sp³-hybridized carbons (Fsp3) is 0. The maximum atomic E-state index is 12.2. The second-order valence-electron chi connectivity index (χ2n) is 12.2. The van der Waals surface area contributed by atoms with E-state index in [2.05, 4.69) is 39.9 Å². The van der Waals surface area contributed by atoms with Gasteiger partial charge in [-0.1, -0.05) is 24.3 Å². The number of rotatable bonds is 4. The van der Waals surface area contributed by atoms with E-state index in [1.54, 1.807) is 0 Å². The summed E-state index contributed by atoms with van der Waals surface area (Å²) in [6.07, 6.45) is 0. The van der Waals surface area contributed by atoms with Gasteiger partial charge in [0.15, 0.2) is 0 Å². The van der Waals surface area contributed by atoms with Crippen LogP contribution >= 0.6 is 0 Å². The molecule has 7 aromatic rings. The molecule has 2 aliphatic heterocycles. The molecule has 0 saturated heterocycles. The molecule has 25 heteroatoms. The molecular weight excluding hydrogens is 875 g/mol. The van der Waals surface area contributed by atoms with Crippen molar-refractivity contribution in [3.63, 3.8) is 0 Å². The molecule has 0 atom stereocenters. The average molecular weight is 888 g/mol. The van der Waals surface area contributed by atoms with E-state index < -0.39 is 60.1 Å². The maximum Gasteiger partial charge on any atom is 2.00 e. The van der Waals surface area contributed by atoms with E-state index in [0.717, 1.165) is 48.5 Å². The summed E-state index contributed by atoms with van der Waals surface area (Å²) in [7, 11) is -19.8. The van der Waals surface area contributed by atoms with Crippen molar-refractivity contribution in [2.45, 2.75) is 19.6 Å². The average Bonchev–Trinajstić information content (AvgIpc) is 3.84. The van der Waals surface area contributed by atoms with Crippen LogP contribution in [0.1, 0.15) is 0 Å². The first kappa shape index (κ1) is 38.3. The van der Waals surface area contributed by atoms with Crippen LogP contribution in [-0.4, -0.2) is 81.8 Å². The molecule has 57 heavy (non-hydrogen) atoms. The fourth-order valence-electron chi connectivity index (χ4n) is 6.21. The first-order chi connectivity index (χ1) is 26.2. The second-order valence-corrected chi connectivity index (χ2v) is 17.7. The summed E-state index contributed by atoms with van der Waals surface area (Å²) >= 11 is 0. The summed E-state index contributed by atoms with van der Waals surface area (Å²) in [6.45, 7) is 0. The molecule has 0 unspecified atom stereocenters. The van der Waals surface area contributed by atoms with Gasteiger partial charge in [-0.3, -0.25) is 4.55 Å². The molecule has 0 amide bonds. The number of hydrogen-bond acceptors (Lipinski definition) is 17. The zero-order valence-corrected chi connectivity index (χ0v) is 31.6. The van der Waals surface area contributed by atoms with Crippen molar-refractivity contribution in [3.05, 3.63) is 72.8 Å². The van der Waals surface area contributed by atoms with Gasteiger partial charge in [-0.05, 0) is 70.1 Å². The normalized spacial score (nSPS) is 13.0. The van der Waals surface area contributed by atoms with Crippen LogP contribution in [0.4, 0.5) is 0 Å². The first-order valence-electron chi connectivity index (χ1n) is 15.4. The molecule has 0 spiro atoms. The van der Waals surface area contributed by atoms with Crippen molar-refractivity contribution < 1.29 is 68.4 Å². The Morgan fingerprint density at radius 2 is 0.719 bits per heavy atom. The van der Waals surface area contributed by atoms with E-state index in [1.165, 1.54) is 24.3 Å². The van der Waals surface area contributed by atoms with E-state index >= 15 is 0 Å². The van der Waals surface area contributed by atoms with Crippen LogP contribution in [0.3, 0.4) is 0 Å². The van der Waals surface area contributed by atoms with Gasteiger partial charge in [0.2, 0.25) is 0 Å². The zero-order valence-electron chi connectivity index (χ0n) is 27.4. The largest absolute Gasteiger partial charge is 2.00 e. The Morgan fingerprint density at radius 1 is 0.404 bits per heavy atom. The van der Waals surface area contributed by atoms with Crippen LogP contribution in [-0.2, 0) is 57.0 Å². The third-order valence-electron chi connectivity index (χ3n) is 8.75. The minimum Gasteiger partial charge on any atom is -0.744 e. The second kappa shape index (κ2) is 12.7. The summed E-state index contributed by atoms with van der Waals surface area (Å²) in [5, 5.41) is 0.248. The third-order valence-corrected chi connectivity index (χ3v) is 12.1.